The number of hydrogen-bond acceptors (Lipinski definition) is 3. The minimum atomic E-state index is -0.956. The first-order valence-corrected chi connectivity index (χ1v) is 9.72. The summed E-state index contributed by atoms with van der Waals surface area (Å²) in [4.78, 5) is 38.2. The van der Waals surface area contributed by atoms with Crippen LogP contribution in [0.5, 0.6) is 0 Å². The van der Waals surface area contributed by atoms with Crippen molar-refractivity contribution in [2.75, 3.05) is 6.54 Å². The number of amides is 3. The Kier molecular flexibility index (Phi) is 5.27. The van der Waals surface area contributed by atoms with Gasteiger partial charge < -0.3 is 9.88 Å². The molecule has 3 amide bonds. The Bertz CT molecular complexity index is 817. The van der Waals surface area contributed by atoms with Gasteiger partial charge in [-0.15, -0.1) is 0 Å². The Hall–Kier alpha value is -2.37. The molecular weight excluding hydrogens is 342 g/mol. The van der Waals surface area contributed by atoms with Crippen LogP contribution in [-0.4, -0.2) is 39.3 Å². The fourth-order valence-electron chi connectivity index (χ4n) is 4.00. The van der Waals surface area contributed by atoms with Crippen LogP contribution in [0.2, 0.25) is 0 Å². The molecule has 6 heteroatoms. The average molecular weight is 371 g/mol. The Labute approximate surface area is 160 Å². The summed E-state index contributed by atoms with van der Waals surface area (Å²) in [6.07, 6.45) is 8.25. The van der Waals surface area contributed by atoms with E-state index in [1.165, 1.54) is 31.3 Å². The monoisotopic (exact) mass is 371 g/mol. The second-order valence-electron chi connectivity index (χ2n) is 8.16. The van der Waals surface area contributed by atoms with E-state index in [0.717, 1.165) is 29.3 Å². The van der Waals surface area contributed by atoms with E-state index in [9.17, 15) is 14.4 Å². The van der Waals surface area contributed by atoms with Crippen molar-refractivity contribution in [3.05, 3.63) is 34.7 Å². The van der Waals surface area contributed by atoms with Gasteiger partial charge in [-0.3, -0.25) is 14.5 Å². The highest BCUT2D eigenvalue weighted by Crippen LogP contribution is 2.24. The van der Waals surface area contributed by atoms with Crippen molar-refractivity contribution in [1.82, 2.24) is 14.8 Å². The molecule has 3 rings (SSSR count). The number of allylic oxidation sites excluding steroid dienone is 2. The topological polar surface area (TPSA) is 71.4 Å². The molecule has 1 N–H and O–H groups in total. The Balaban J connectivity index is 1.71. The quantitative estimate of drug-likeness (QED) is 0.472. The van der Waals surface area contributed by atoms with Gasteiger partial charge in [-0.2, -0.15) is 0 Å². The zero-order chi connectivity index (χ0) is 19.8. The van der Waals surface area contributed by atoms with E-state index >= 15 is 0 Å². The van der Waals surface area contributed by atoms with Crippen molar-refractivity contribution in [1.29, 1.82) is 0 Å². The highest BCUT2D eigenvalue weighted by molar-refractivity contribution is 6.11. The zero-order valence-corrected chi connectivity index (χ0v) is 16.7. The SMILES string of the molecule is Cc1cc(C(=O)CN2C(=O)NC(C)(C)C2=O)c(C)n1CCC1=CCCCC1. The molecule has 0 unspecified atom stereocenters. The molecule has 6 nitrogen and oxygen atoms in total. The molecule has 0 bridgehead atoms. The highest BCUT2D eigenvalue weighted by Gasteiger charge is 2.45. The molecule has 0 aromatic carbocycles. The number of nitrogens with one attached hydrogen (secondary N) is 1. The second-order valence-corrected chi connectivity index (χ2v) is 8.16. The lowest BCUT2D eigenvalue weighted by atomic mass is 9.97. The highest BCUT2D eigenvalue weighted by atomic mass is 16.2. The van der Waals surface area contributed by atoms with Crippen LogP contribution in [0.25, 0.3) is 0 Å². The van der Waals surface area contributed by atoms with E-state index in [1.54, 1.807) is 13.8 Å². The van der Waals surface area contributed by atoms with Gasteiger partial charge in [-0.1, -0.05) is 11.6 Å². The molecule has 1 aromatic rings. The summed E-state index contributed by atoms with van der Waals surface area (Å²) in [7, 11) is 0. The molecule has 1 aliphatic carbocycles. The summed E-state index contributed by atoms with van der Waals surface area (Å²) in [6, 6.07) is 1.37. The number of aryl methyl sites for hydroxylation is 1. The number of Topliss-reactive ketones (excluding diaryl/α,β-unsaturated/α-hetero) is 1. The zero-order valence-electron chi connectivity index (χ0n) is 16.7. The van der Waals surface area contributed by atoms with Crippen LogP contribution in [0, 0.1) is 13.8 Å². The smallest absolute Gasteiger partial charge is 0.325 e. The van der Waals surface area contributed by atoms with Crippen molar-refractivity contribution in [3.8, 4) is 0 Å². The van der Waals surface area contributed by atoms with Crippen LogP contribution in [0.4, 0.5) is 4.79 Å². The first-order valence-electron chi connectivity index (χ1n) is 9.72. The summed E-state index contributed by atoms with van der Waals surface area (Å²) in [5, 5.41) is 2.61. The average Bonchev–Trinajstić information content (AvgIpc) is 3.01. The summed E-state index contributed by atoms with van der Waals surface area (Å²) >= 11 is 0. The molecule has 1 aliphatic heterocycles. The second kappa shape index (κ2) is 7.33. The molecule has 0 saturated carbocycles. The fourth-order valence-corrected chi connectivity index (χ4v) is 4.00. The van der Waals surface area contributed by atoms with Gasteiger partial charge in [-0.05, 0) is 65.9 Å². The van der Waals surface area contributed by atoms with Gasteiger partial charge >= 0.3 is 6.03 Å². The molecule has 2 heterocycles. The lowest BCUT2D eigenvalue weighted by molar-refractivity contribution is -0.129. The summed E-state index contributed by atoms with van der Waals surface area (Å²) in [5.41, 5.74) is 3.07. The van der Waals surface area contributed by atoms with Gasteiger partial charge in [0, 0.05) is 23.5 Å². The van der Waals surface area contributed by atoms with Gasteiger partial charge in [0.1, 0.15) is 5.54 Å². The van der Waals surface area contributed by atoms with Crippen molar-refractivity contribution >= 4 is 17.7 Å². The summed E-state index contributed by atoms with van der Waals surface area (Å²) in [6.45, 7) is 7.85. The van der Waals surface area contributed by atoms with E-state index in [-0.39, 0.29) is 18.2 Å². The van der Waals surface area contributed by atoms with E-state index in [4.69, 9.17) is 0 Å². The predicted molar refractivity (Wildman–Crippen MR) is 104 cm³/mol. The summed E-state index contributed by atoms with van der Waals surface area (Å²) < 4.78 is 2.17. The number of carbonyl (C=O) groups excluding carboxylic acids is 3. The maximum atomic E-state index is 12.8. The number of hydrogen-bond donors (Lipinski definition) is 1. The molecule has 0 spiro atoms. The van der Waals surface area contributed by atoms with Gasteiger partial charge in [0.2, 0.25) is 0 Å². The standard InChI is InChI=1S/C21H29N3O3/c1-14-12-17(15(2)23(14)11-10-16-8-6-5-7-9-16)18(25)13-24-19(26)21(3,4)22-20(24)27/h8,12H,5-7,9-11,13H2,1-4H3,(H,22,27). The van der Waals surface area contributed by atoms with Crippen LogP contribution >= 0.6 is 0 Å². The third-order valence-electron chi connectivity index (χ3n) is 5.66. The first kappa shape index (κ1) is 19.4. The largest absolute Gasteiger partial charge is 0.348 e. The molecule has 1 fully saturated rings. The first-order chi connectivity index (χ1) is 12.7. The number of rotatable bonds is 6. The van der Waals surface area contributed by atoms with E-state index in [0.29, 0.717) is 5.56 Å². The van der Waals surface area contributed by atoms with Crippen molar-refractivity contribution < 1.29 is 14.4 Å². The molecular formula is C21H29N3O3. The Morgan fingerprint density at radius 2 is 1.96 bits per heavy atom. The number of imide groups is 1. The lowest BCUT2D eigenvalue weighted by Gasteiger charge is -2.16. The molecule has 1 saturated heterocycles. The third kappa shape index (κ3) is 3.84. The number of nitrogens with zero attached hydrogens (tertiary/aromatic N) is 2. The van der Waals surface area contributed by atoms with Gasteiger partial charge in [-0.25, -0.2) is 4.79 Å². The Morgan fingerprint density at radius 1 is 1.22 bits per heavy atom. The van der Waals surface area contributed by atoms with Crippen LogP contribution in [-0.2, 0) is 11.3 Å². The molecule has 0 atom stereocenters. The van der Waals surface area contributed by atoms with Crippen molar-refractivity contribution in [3.63, 3.8) is 0 Å². The third-order valence-corrected chi connectivity index (χ3v) is 5.66. The lowest BCUT2D eigenvalue weighted by Crippen LogP contribution is -2.41. The van der Waals surface area contributed by atoms with E-state index in [2.05, 4.69) is 16.0 Å². The maximum absolute atomic E-state index is 12.8. The van der Waals surface area contributed by atoms with Crippen LogP contribution in [0.1, 0.15) is 67.7 Å². The molecule has 146 valence electrons. The maximum Gasteiger partial charge on any atom is 0.325 e. The van der Waals surface area contributed by atoms with Gasteiger partial charge in [0.15, 0.2) is 5.78 Å². The molecule has 1 aromatic heterocycles. The minimum absolute atomic E-state index is 0.201. The normalized spacial score (nSPS) is 19.3. The number of carbonyl (C=O) groups is 3. The van der Waals surface area contributed by atoms with Crippen molar-refractivity contribution in [2.24, 2.45) is 0 Å². The Morgan fingerprint density at radius 3 is 2.56 bits per heavy atom. The number of urea groups is 1. The van der Waals surface area contributed by atoms with Gasteiger partial charge in [0.25, 0.3) is 5.91 Å². The van der Waals surface area contributed by atoms with Crippen LogP contribution in [0.3, 0.4) is 0 Å². The van der Waals surface area contributed by atoms with Crippen LogP contribution < -0.4 is 5.32 Å². The van der Waals surface area contributed by atoms with Crippen molar-refractivity contribution in [2.45, 2.75) is 71.9 Å². The minimum Gasteiger partial charge on any atom is -0.348 e. The molecule has 27 heavy (non-hydrogen) atoms. The van der Waals surface area contributed by atoms with E-state index < -0.39 is 11.6 Å². The molecule has 2 aliphatic rings. The predicted octanol–water partition coefficient (Wildman–Crippen LogP) is 3.51. The van der Waals surface area contributed by atoms with E-state index in [1.807, 2.05) is 19.9 Å². The number of ketones is 1. The van der Waals surface area contributed by atoms with Gasteiger partial charge in [0.05, 0.1) is 6.54 Å². The number of aromatic nitrogens is 1. The van der Waals surface area contributed by atoms with Crippen LogP contribution in [0.15, 0.2) is 17.7 Å². The summed E-state index contributed by atoms with van der Waals surface area (Å²) in [5.74, 6) is -0.564. The molecule has 0 radical (unpaired) electrons. The fraction of sp³-hybridized carbons (Fsp3) is 0.571.